The van der Waals surface area contributed by atoms with Crippen LogP contribution in [0.25, 0.3) is 0 Å². The van der Waals surface area contributed by atoms with Crippen molar-refractivity contribution in [1.82, 2.24) is 9.78 Å². The van der Waals surface area contributed by atoms with Crippen LogP contribution in [0, 0.1) is 12.3 Å². The van der Waals surface area contributed by atoms with Crippen molar-refractivity contribution in [3.05, 3.63) is 21.0 Å². The predicted octanol–water partition coefficient (Wildman–Crippen LogP) is 1.46. The first-order valence-corrected chi connectivity index (χ1v) is 5.43. The molecule has 0 radical (unpaired) electrons. The fraction of sp³-hybridized carbons (Fsp3) is 0.400. The third-order valence-electron chi connectivity index (χ3n) is 1.79. The molecule has 0 aliphatic rings. The molecule has 0 saturated carbocycles. The number of hydrogen-bond acceptors (Lipinski definition) is 3. The molecule has 0 saturated heterocycles. The molecule has 5 heteroatoms. The van der Waals surface area contributed by atoms with Crippen LogP contribution < -0.4 is 10.9 Å². The number of hydrogen-bond donors (Lipinski definition) is 1. The van der Waals surface area contributed by atoms with Gasteiger partial charge in [0.15, 0.2) is 0 Å². The Bertz CT molecular complexity index is 433. The van der Waals surface area contributed by atoms with Gasteiger partial charge in [0.25, 0.3) is 5.56 Å². The van der Waals surface area contributed by atoms with Crippen LogP contribution >= 0.6 is 15.9 Å². The lowest BCUT2D eigenvalue weighted by molar-refractivity contribution is 0.659. The molecule has 0 amide bonds. The van der Waals surface area contributed by atoms with E-state index in [4.69, 9.17) is 6.42 Å². The van der Waals surface area contributed by atoms with Gasteiger partial charge in [-0.25, -0.2) is 4.68 Å². The highest BCUT2D eigenvalue weighted by atomic mass is 79.9. The Labute approximate surface area is 96.8 Å². The van der Waals surface area contributed by atoms with Gasteiger partial charge < -0.3 is 5.32 Å². The molecular formula is C10H12BrN3O. The van der Waals surface area contributed by atoms with Gasteiger partial charge in [0.05, 0.1) is 11.9 Å². The summed E-state index contributed by atoms with van der Waals surface area (Å²) >= 11 is 3.23. The van der Waals surface area contributed by atoms with E-state index in [9.17, 15) is 4.79 Å². The molecule has 0 unspecified atom stereocenters. The Morgan fingerprint density at radius 2 is 2.47 bits per heavy atom. The molecule has 0 aliphatic heterocycles. The summed E-state index contributed by atoms with van der Waals surface area (Å²) in [5, 5.41) is 7.05. The summed E-state index contributed by atoms with van der Waals surface area (Å²) in [5.74, 6) is 2.37. The molecular weight excluding hydrogens is 258 g/mol. The average molecular weight is 270 g/mol. The number of terminal acetylenes is 1. The Kier molecular flexibility index (Phi) is 4.37. The van der Waals surface area contributed by atoms with Crippen molar-refractivity contribution >= 4 is 21.6 Å². The Morgan fingerprint density at radius 3 is 3.07 bits per heavy atom. The number of anilines is 1. The number of rotatable bonds is 4. The summed E-state index contributed by atoms with van der Waals surface area (Å²) in [6.07, 6.45) is 7.70. The molecule has 1 heterocycles. The molecule has 80 valence electrons. The van der Waals surface area contributed by atoms with Crippen molar-refractivity contribution in [1.29, 1.82) is 0 Å². The Balaban J connectivity index is 3.00. The number of halogens is 1. The zero-order valence-corrected chi connectivity index (χ0v) is 10.0. The highest BCUT2D eigenvalue weighted by Crippen LogP contribution is 2.15. The van der Waals surface area contributed by atoms with E-state index in [0.717, 1.165) is 13.0 Å². The number of aromatic nitrogens is 2. The van der Waals surface area contributed by atoms with Crippen LogP contribution in [0.4, 0.5) is 5.69 Å². The van der Waals surface area contributed by atoms with Crippen LogP contribution in [-0.4, -0.2) is 16.3 Å². The van der Waals surface area contributed by atoms with Gasteiger partial charge in [-0.1, -0.05) is 12.8 Å². The van der Waals surface area contributed by atoms with Gasteiger partial charge in [0, 0.05) is 6.54 Å². The molecule has 0 fully saturated rings. The average Bonchev–Trinajstić information content (AvgIpc) is 2.24. The van der Waals surface area contributed by atoms with Crippen LogP contribution in [0.1, 0.15) is 13.3 Å². The third kappa shape index (κ3) is 2.83. The summed E-state index contributed by atoms with van der Waals surface area (Å²) < 4.78 is 1.71. The smallest absolute Gasteiger partial charge is 0.284 e. The van der Waals surface area contributed by atoms with E-state index in [2.05, 4.69) is 32.3 Å². The molecule has 15 heavy (non-hydrogen) atoms. The first kappa shape index (κ1) is 11.8. The van der Waals surface area contributed by atoms with Gasteiger partial charge in [0.1, 0.15) is 11.0 Å². The molecule has 0 aromatic carbocycles. The number of nitrogens with zero attached hydrogens (tertiary/aromatic N) is 2. The van der Waals surface area contributed by atoms with Crippen molar-refractivity contribution in [2.45, 2.75) is 19.9 Å². The van der Waals surface area contributed by atoms with E-state index in [1.807, 2.05) is 6.92 Å². The van der Waals surface area contributed by atoms with E-state index in [-0.39, 0.29) is 12.1 Å². The van der Waals surface area contributed by atoms with Gasteiger partial charge in [-0.3, -0.25) is 4.79 Å². The van der Waals surface area contributed by atoms with Crippen LogP contribution in [0.15, 0.2) is 15.5 Å². The summed E-state index contributed by atoms with van der Waals surface area (Å²) in [6, 6.07) is 0. The Morgan fingerprint density at radius 1 is 1.73 bits per heavy atom. The zero-order chi connectivity index (χ0) is 11.3. The molecule has 1 aromatic rings. The molecule has 0 spiro atoms. The Hall–Kier alpha value is -1.28. The second kappa shape index (κ2) is 5.56. The van der Waals surface area contributed by atoms with E-state index in [1.54, 1.807) is 6.20 Å². The van der Waals surface area contributed by atoms with Crippen LogP contribution in [0.5, 0.6) is 0 Å². The molecule has 4 nitrogen and oxygen atoms in total. The third-order valence-corrected chi connectivity index (χ3v) is 2.56. The SMILES string of the molecule is C#CCn1ncc(NCCC)c(Br)c1=O. The monoisotopic (exact) mass is 269 g/mol. The maximum atomic E-state index is 11.7. The van der Waals surface area contributed by atoms with Crippen molar-refractivity contribution in [3.8, 4) is 12.3 Å². The minimum atomic E-state index is -0.214. The highest BCUT2D eigenvalue weighted by Gasteiger charge is 2.06. The maximum Gasteiger partial charge on any atom is 0.284 e. The summed E-state index contributed by atoms with van der Waals surface area (Å²) in [7, 11) is 0. The van der Waals surface area contributed by atoms with Crippen molar-refractivity contribution in [3.63, 3.8) is 0 Å². The van der Waals surface area contributed by atoms with E-state index in [1.165, 1.54) is 4.68 Å². The quantitative estimate of drug-likeness (QED) is 0.842. The standard InChI is InChI=1S/C10H12BrN3O/c1-3-5-12-8-7-13-14(6-4-2)10(15)9(8)11/h2,7,12H,3,5-6H2,1H3. The molecule has 0 aliphatic carbocycles. The molecule has 1 aromatic heterocycles. The lowest BCUT2D eigenvalue weighted by Gasteiger charge is -2.07. The van der Waals surface area contributed by atoms with Crippen molar-refractivity contribution < 1.29 is 0 Å². The van der Waals surface area contributed by atoms with Gasteiger partial charge in [-0.15, -0.1) is 6.42 Å². The van der Waals surface area contributed by atoms with Crippen molar-refractivity contribution in [2.75, 3.05) is 11.9 Å². The molecule has 0 bridgehead atoms. The lowest BCUT2D eigenvalue weighted by atomic mass is 10.4. The zero-order valence-electron chi connectivity index (χ0n) is 8.46. The largest absolute Gasteiger partial charge is 0.383 e. The fourth-order valence-electron chi connectivity index (χ4n) is 1.05. The second-order valence-corrected chi connectivity index (χ2v) is 3.76. The minimum absolute atomic E-state index is 0.186. The number of nitrogens with one attached hydrogen (secondary N) is 1. The normalized spacial score (nSPS) is 9.67. The maximum absolute atomic E-state index is 11.7. The van der Waals surface area contributed by atoms with E-state index < -0.39 is 0 Å². The summed E-state index contributed by atoms with van der Waals surface area (Å²) in [5.41, 5.74) is 0.490. The van der Waals surface area contributed by atoms with Gasteiger partial charge in [-0.05, 0) is 22.4 Å². The molecule has 0 atom stereocenters. The summed E-state index contributed by atoms with van der Waals surface area (Å²) in [6.45, 7) is 3.04. The van der Waals surface area contributed by atoms with E-state index in [0.29, 0.717) is 10.2 Å². The minimum Gasteiger partial charge on any atom is -0.383 e. The van der Waals surface area contributed by atoms with Crippen molar-refractivity contribution in [2.24, 2.45) is 0 Å². The van der Waals surface area contributed by atoms with Gasteiger partial charge in [-0.2, -0.15) is 5.10 Å². The topological polar surface area (TPSA) is 46.9 Å². The first-order chi connectivity index (χ1) is 7.20. The van der Waals surface area contributed by atoms with Gasteiger partial charge in [0.2, 0.25) is 0 Å². The van der Waals surface area contributed by atoms with Crippen LogP contribution in [0.2, 0.25) is 0 Å². The molecule has 1 N–H and O–H groups in total. The van der Waals surface area contributed by atoms with Crippen LogP contribution in [-0.2, 0) is 6.54 Å². The predicted molar refractivity (Wildman–Crippen MR) is 63.8 cm³/mol. The van der Waals surface area contributed by atoms with Gasteiger partial charge >= 0.3 is 0 Å². The highest BCUT2D eigenvalue weighted by molar-refractivity contribution is 9.10. The summed E-state index contributed by atoms with van der Waals surface area (Å²) in [4.78, 5) is 11.7. The van der Waals surface area contributed by atoms with Crippen LogP contribution in [0.3, 0.4) is 0 Å². The second-order valence-electron chi connectivity index (χ2n) is 2.97. The lowest BCUT2D eigenvalue weighted by Crippen LogP contribution is -2.24. The first-order valence-electron chi connectivity index (χ1n) is 4.63. The van der Waals surface area contributed by atoms with E-state index >= 15 is 0 Å². The molecule has 1 rings (SSSR count). The fourth-order valence-corrected chi connectivity index (χ4v) is 1.49.